The molecule has 0 N–H and O–H groups in total. The van der Waals surface area contributed by atoms with E-state index in [4.69, 9.17) is 4.98 Å². The average Bonchev–Trinajstić information content (AvgIpc) is 3.11. The Morgan fingerprint density at radius 2 is 0.727 bits per heavy atom. The maximum atomic E-state index is 5.50. The number of pyridine rings is 1. The van der Waals surface area contributed by atoms with E-state index < -0.39 is 0 Å². The van der Waals surface area contributed by atoms with Crippen molar-refractivity contribution in [1.82, 2.24) is 4.98 Å². The molecule has 1 nitrogen and oxygen atoms in total. The van der Waals surface area contributed by atoms with Crippen LogP contribution in [0.4, 0.5) is 0 Å². The van der Waals surface area contributed by atoms with E-state index in [0.717, 1.165) is 25.7 Å². The molecule has 1 aromatic heterocycles. The van der Waals surface area contributed by atoms with Crippen molar-refractivity contribution in [3.8, 4) is 0 Å². The summed E-state index contributed by atoms with van der Waals surface area (Å²) in [5.74, 6) is 0. The number of rotatable bonds is 0. The number of benzene rings is 4. The van der Waals surface area contributed by atoms with Crippen LogP contribution in [0.15, 0.2) is 91.0 Å². The van der Waals surface area contributed by atoms with Crippen LogP contribution in [0.25, 0.3) is 0 Å². The molecule has 4 aliphatic rings. The molecule has 4 aliphatic heterocycles. The minimum Gasteiger partial charge on any atom is -0.258 e. The Bertz CT molecular complexity index is 1640. The van der Waals surface area contributed by atoms with Gasteiger partial charge >= 0.3 is 0 Å². The summed E-state index contributed by atoms with van der Waals surface area (Å²) in [6.07, 6.45) is 3.96. The lowest BCUT2D eigenvalue weighted by atomic mass is 9.28. The van der Waals surface area contributed by atoms with Crippen LogP contribution in [0.2, 0.25) is 0 Å². The maximum absolute atomic E-state index is 5.50. The minimum absolute atomic E-state index is 0.290. The van der Waals surface area contributed by atoms with Crippen molar-refractivity contribution in [2.75, 3.05) is 0 Å². The van der Waals surface area contributed by atoms with E-state index in [1.54, 1.807) is 10.9 Å². The van der Waals surface area contributed by atoms with E-state index in [2.05, 4.69) is 91.0 Å². The lowest BCUT2D eigenvalue weighted by Gasteiger charge is -2.37. The summed E-state index contributed by atoms with van der Waals surface area (Å²) in [5, 5.41) is 0. The second kappa shape index (κ2) is 13.9. The van der Waals surface area contributed by atoms with Crippen molar-refractivity contribution in [3.05, 3.63) is 136 Å². The summed E-state index contributed by atoms with van der Waals surface area (Å²) in [6.45, 7) is 16.6. The van der Waals surface area contributed by atoms with E-state index >= 15 is 0 Å². The van der Waals surface area contributed by atoms with Gasteiger partial charge in [-0.05, 0) is 57.1 Å². The quantitative estimate of drug-likeness (QED) is 0.207. The molecule has 0 atom stereocenters. The van der Waals surface area contributed by atoms with Gasteiger partial charge in [0.1, 0.15) is 0 Å². The molecule has 5 heterocycles. The van der Waals surface area contributed by atoms with Crippen LogP contribution in [0.5, 0.6) is 0 Å². The topological polar surface area (TPSA) is 12.9 Å². The average molecular weight is 575 g/mol. The van der Waals surface area contributed by atoms with Crippen molar-refractivity contribution in [2.45, 2.75) is 81.1 Å². The van der Waals surface area contributed by atoms with Crippen molar-refractivity contribution in [2.24, 2.45) is 0 Å². The van der Waals surface area contributed by atoms with Crippen molar-refractivity contribution >= 4 is 46.2 Å². The molecule has 0 saturated heterocycles. The van der Waals surface area contributed by atoms with Crippen LogP contribution >= 0.6 is 0 Å². The van der Waals surface area contributed by atoms with Crippen LogP contribution in [0, 0.1) is 0 Å². The largest absolute Gasteiger partial charge is 0.258 e. The Labute approximate surface area is 267 Å². The molecular formula is C41H47B2N. The lowest BCUT2D eigenvalue weighted by molar-refractivity contribution is 1.000. The monoisotopic (exact) mass is 575 g/mol. The number of nitrogens with zero attached hydrogens (tertiary/aromatic N) is 1. The molecule has 222 valence electrons. The summed E-state index contributed by atoms with van der Waals surface area (Å²) in [5.41, 5.74) is 20.3. The second-order valence-electron chi connectivity index (χ2n) is 11.0. The SMILES string of the molecule is CC.CC.CC.CC.c1ccc2c(c1)Cc1cccc3c1B2c1cc2c(nc1C3)Cc1cccc3c1B2c1ccccc1C3. The normalized spacial score (nSPS) is 13.0. The van der Waals surface area contributed by atoms with Gasteiger partial charge < -0.3 is 0 Å². The molecule has 0 bridgehead atoms. The van der Waals surface area contributed by atoms with Gasteiger partial charge in [-0.1, -0.05) is 168 Å². The zero-order valence-electron chi connectivity index (χ0n) is 28.1. The molecule has 0 saturated carbocycles. The van der Waals surface area contributed by atoms with Gasteiger partial charge in [0.25, 0.3) is 0 Å². The molecule has 0 unspecified atom stereocenters. The first-order valence-electron chi connectivity index (χ1n) is 17.2. The van der Waals surface area contributed by atoms with Crippen LogP contribution in [-0.4, -0.2) is 18.4 Å². The van der Waals surface area contributed by atoms with Crippen LogP contribution < -0.4 is 32.8 Å². The van der Waals surface area contributed by atoms with Gasteiger partial charge in [-0.15, -0.1) is 0 Å². The third-order valence-corrected chi connectivity index (χ3v) is 9.23. The molecule has 5 aromatic rings. The van der Waals surface area contributed by atoms with E-state index in [1.165, 1.54) is 66.6 Å². The first kappa shape index (κ1) is 31.6. The maximum Gasteiger partial charge on any atom is 0.244 e. The van der Waals surface area contributed by atoms with E-state index in [-0.39, 0.29) is 13.4 Å². The first-order valence-corrected chi connectivity index (χ1v) is 17.2. The molecule has 0 radical (unpaired) electrons. The van der Waals surface area contributed by atoms with Crippen LogP contribution in [-0.2, 0) is 25.7 Å². The standard InChI is InChI=1S/C33H23B2N.4C2H6/c1-3-13-26-20(7-1)15-22-9-5-11-24-17-30-28(34(26)32(22)24)19-29-31(36-30)18-25-12-6-10-23-16-21-8-2-4-14-27(21)35(29)33(23)25;4*1-2/h1-14,19H,15-18H2;4*1-2H3. The molecule has 0 aliphatic carbocycles. The first-order chi connectivity index (χ1) is 21.8. The summed E-state index contributed by atoms with van der Waals surface area (Å²) in [4.78, 5) is 5.50. The number of fused-ring (bicyclic) bond motifs is 8. The minimum atomic E-state index is 0.290. The van der Waals surface area contributed by atoms with Gasteiger partial charge in [0.2, 0.25) is 13.4 Å². The zero-order valence-corrected chi connectivity index (χ0v) is 28.1. The smallest absolute Gasteiger partial charge is 0.244 e. The Balaban J connectivity index is 0.000000448. The molecule has 9 rings (SSSR count). The molecular weight excluding hydrogens is 528 g/mol. The summed E-state index contributed by atoms with van der Waals surface area (Å²) in [6, 6.07) is 34.6. The molecule has 0 fully saturated rings. The molecule has 0 spiro atoms. The predicted molar refractivity (Wildman–Crippen MR) is 196 cm³/mol. The number of hydrogen-bond acceptors (Lipinski definition) is 1. The van der Waals surface area contributed by atoms with Crippen molar-refractivity contribution in [1.29, 1.82) is 0 Å². The van der Waals surface area contributed by atoms with Gasteiger partial charge in [-0.25, -0.2) is 0 Å². The Hall–Kier alpha value is -3.84. The van der Waals surface area contributed by atoms with Crippen molar-refractivity contribution < 1.29 is 0 Å². The third kappa shape index (κ3) is 5.05. The fourth-order valence-electron chi connectivity index (χ4n) is 7.78. The van der Waals surface area contributed by atoms with Gasteiger partial charge in [0.05, 0.1) is 0 Å². The van der Waals surface area contributed by atoms with Crippen LogP contribution in [0.3, 0.4) is 0 Å². The van der Waals surface area contributed by atoms with E-state index in [9.17, 15) is 0 Å². The fraction of sp³-hybridized carbons (Fsp3) is 0.293. The zero-order chi connectivity index (χ0) is 31.4. The van der Waals surface area contributed by atoms with E-state index in [0.29, 0.717) is 0 Å². The molecule has 44 heavy (non-hydrogen) atoms. The van der Waals surface area contributed by atoms with Crippen molar-refractivity contribution in [3.63, 3.8) is 0 Å². The summed E-state index contributed by atoms with van der Waals surface area (Å²) >= 11 is 0. The highest BCUT2D eigenvalue weighted by Crippen LogP contribution is 2.25. The second-order valence-corrected chi connectivity index (χ2v) is 11.0. The highest BCUT2D eigenvalue weighted by atomic mass is 14.7. The third-order valence-electron chi connectivity index (χ3n) is 9.23. The highest BCUT2D eigenvalue weighted by molar-refractivity contribution is 6.99. The molecule has 3 heteroatoms. The fourth-order valence-corrected chi connectivity index (χ4v) is 7.78. The van der Waals surface area contributed by atoms with Gasteiger partial charge in [-0.3, -0.25) is 4.98 Å². The Morgan fingerprint density at radius 3 is 1.14 bits per heavy atom. The number of aromatic nitrogens is 1. The molecule has 4 aromatic carbocycles. The van der Waals surface area contributed by atoms with Gasteiger partial charge in [0, 0.05) is 24.2 Å². The summed E-state index contributed by atoms with van der Waals surface area (Å²) in [7, 11) is 0. The number of hydrogen-bond donors (Lipinski definition) is 0. The van der Waals surface area contributed by atoms with Gasteiger partial charge in [-0.2, -0.15) is 0 Å². The lowest BCUT2D eigenvalue weighted by Crippen LogP contribution is -2.65. The highest BCUT2D eigenvalue weighted by Gasteiger charge is 2.41. The Kier molecular flexibility index (Phi) is 9.94. The molecule has 0 amide bonds. The predicted octanol–water partition coefficient (Wildman–Crippen LogP) is 5.84. The summed E-state index contributed by atoms with van der Waals surface area (Å²) < 4.78 is 0. The Morgan fingerprint density at radius 1 is 0.386 bits per heavy atom. The van der Waals surface area contributed by atoms with Crippen LogP contribution in [0.1, 0.15) is 100 Å². The van der Waals surface area contributed by atoms with E-state index in [1.807, 2.05) is 55.4 Å². The van der Waals surface area contributed by atoms with Gasteiger partial charge in [0.15, 0.2) is 0 Å².